The first kappa shape index (κ1) is 36.5. The molecule has 0 saturated heterocycles. The van der Waals surface area contributed by atoms with Gasteiger partial charge in [-0.2, -0.15) is 0 Å². The monoisotopic (exact) mass is 595 g/mol. The Bertz CT molecular complexity index is 912. The molecule has 0 aromatic rings. The third kappa shape index (κ3) is 15.6. The van der Waals surface area contributed by atoms with Crippen LogP contribution in [0, 0.1) is 10.8 Å². The van der Waals surface area contributed by atoms with Crippen molar-refractivity contribution in [2.45, 2.75) is 92.6 Å². The molecule has 0 heterocycles. The van der Waals surface area contributed by atoms with Crippen molar-refractivity contribution >= 4 is 57.9 Å². The van der Waals surface area contributed by atoms with Gasteiger partial charge in [-0.15, -0.1) is 0 Å². The highest BCUT2D eigenvalue weighted by Crippen LogP contribution is 2.27. The molecule has 0 spiro atoms. The predicted molar refractivity (Wildman–Crippen MR) is 146 cm³/mol. The van der Waals surface area contributed by atoms with Crippen molar-refractivity contribution in [3.05, 3.63) is 0 Å². The largest absolute Gasteiger partial charge is 0.458 e. The lowest BCUT2D eigenvalue weighted by atomic mass is 9.97. The van der Waals surface area contributed by atoms with Gasteiger partial charge in [-0.25, -0.2) is 14.4 Å². The highest BCUT2D eigenvalue weighted by atomic mass is 32.2. The van der Waals surface area contributed by atoms with Crippen molar-refractivity contribution in [2.24, 2.45) is 10.8 Å². The summed E-state index contributed by atoms with van der Waals surface area (Å²) in [4.78, 5) is 73.6. The van der Waals surface area contributed by atoms with E-state index in [-0.39, 0.29) is 5.75 Å². The van der Waals surface area contributed by atoms with Crippen LogP contribution in [0.25, 0.3) is 0 Å². The first-order valence-corrected chi connectivity index (χ1v) is 13.8. The fourth-order valence-electron chi connectivity index (χ4n) is 2.05. The van der Waals surface area contributed by atoms with Crippen LogP contribution in [0.4, 0.5) is 9.59 Å². The summed E-state index contributed by atoms with van der Waals surface area (Å²) in [5.41, 5.74) is -2.44. The fourth-order valence-corrected chi connectivity index (χ4v) is 3.37. The second-order valence-electron chi connectivity index (χ2n) is 11.9. The van der Waals surface area contributed by atoms with Gasteiger partial charge in [-0.3, -0.25) is 14.4 Å². The Labute approximate surface area is 238 Å². The zero-order valence-corrected chi connectivity index (χ0v) is 26.1. The number of thioether (sulfide) groups is 2. The summed E-state index contributed by atoms with van der Waals surface area (Å²) < 4.78 is 23.4. The lowest BCUT2D eigenvalue weighted by Crippen LogP contribution is -2.51. The van der Waals surface area contributed by atoms with Crippen LogP contribution in [-0.4, -0.2) is 70.1 Å². The van der Waals surface area contributed by atoms with Crippen molar-refractivity contribution in [3.8, 4) is 0 Å². The Kier molecular flexibility index (Phi) is 13.8. The van der Waals surface area contributed by atoms with Crippen LogP contribution in [0.1, 0.15) is 76.2 Å². The molecule has 0 aromatic carbocycles. The smallest absolute Gasteiger partial charge is 0.371 e. The molecule has 0 rings (SSSR count). The molecule has 0 bridgehead atoms. The van der Waals surface area contributed by atoms with Gasteiger partial charge in [0.05, 0.1) is 15.6 Å². The SMILES string of the molecule is CC(C)(C)OC(=O)[C@H](CSC(=O)OCOC(=O)C(C)(C)C)NC(=O)C(C)(C)SC(=O)OCOC(=O)C(C)(C)C. The molecule has 1 N–H and O–H groups in total. The molecular formula is C25H41NO11S2. The van der Waals surface area contributed by atoms with Crippen LogP contribution >= 0.6 is 23.5 Å². The molecule has 0 fully saturated rings. The summed E-state index contributed by atoms with van der Waals surface area (Å²) in [6, 6.07) is -1.28. The van der Waals surface area contributed by atoms with Gasteiger partial charge in [0.15, 0.2) is 0 Å². The summed E-state index contributed by atoms with van der Waals surface area (Å²) in [5, 5.41) is 0.761. The molecule has 1 atom stereocenters. The minimum atomic E-state index is -1.42. The Morgan fingerprint density at radius 2 is 1.10 bits per heavy atom. The van der Waals surface area contributed by atoms with Crippen LogP contribution in [-0.2, 0) is 42.9 Å². The van der Waals surface area contributed by atoms with E-state index < -0.39 is 75.2 Å². The lowest BCUT2D eigenvalue weighted by molar-refractivity contribution is -0.161. The number of esters is 3. The van der Waals surface area contributed by atoms with E-state index >= 15 is 0 Å². The molecule has 14 heteroatoms. The molecular weight excluding hydrogens is 554 g/mol. The molecule has 12 nitrogen and oxygen atoms in total. The standard InChI is InChI=1S/C25H41NO11S2/c1-22(2,3)18(29)33-13-35-20(31)38-12-15(16(27)37-24(7,8)9)26-17(28)25(10,11)39-21(32)36-14-34-19(30)23(4,5)6/h15H,12-14H2,1-11H3,(H,26,28)/t15-/m0/s1. The van der Waals surface area contributed by atoms with Crippen molar-refractivity contribution in [3.63, 3.8) is 0 Å². The summed E-state index contributed by atoms with van der Waals surface area (Å²) in [6.45, 7) is 16.4. The Hall–Kier alpha value is -2.48. The van der Waals surface area contributed by atoms with E-state index in [1.807, 2.05) is 0 Å². The molecule has 0 aliphatic heterocycles. The Morgan fingerprint density at radius 1 is 0.667 bits per heavy atom. The summed E-state index contributed by atoms with van der Waals surface area (Å²) >= 11 is 1.08. The number of carbonyl (C=O) groups excluding carboxylic acids is 6. The van der Waals surface area contributed by atoms with Gasteiger partial charge in [0.2, 0.25) is 19.5 Å². The molecule has 224 valence electrons. The molecule has 0 aliphatic carbocycles. The maximum Gasteiger partial charge on any atom is 0.371 e. The van der Waals surface area contributed by atoms with Gasteiger partial charge in [-0.05, 0) is 99.7 Å². The molecule has 0 aliphatic rings. The average Bonchev–Trinajstić information content (AvgIpc) is 2.73. The molecule has 1 amide bonds. The minimum absolute atomic E-state index is 0.263. The molecule has 0 radical (unpaired) electrons. The van der Waals surface area contributed by atoms with Gasteiger partial charge in [0, 0.05) is 5.75 Å². The molecule has 0 unspecified atom stereocenters. The summed E-state index contributed by atoms with van der Waals surface area (Å²) in [5.74, 6) is -2.93. The number of hydrogen-bond acceptors (Lipinski definition) is 13. The third-order valence-electron chi connectivity index (χ3n) is 4.21. The highest BCUT2D eigenvalue weighted by Gasteiger charge is 2.37. The van der Waals surface area contributed by atoms with Crippen LogP contribution in [0.3, 0.4) is 0 Å². The van der Waals surface area contributed by atoms with Crippen LogP contribution in [0.5, 0.6) is 0 Å². The first-order valence-electron chi connectivity index (χ1n) is 12.0. The van der Waals surface area contributed by atoms with Crippen molar-refractivity contribution in [2.75, 3.05) is 19.3 Å². The second kappa shape index (κ2) is 14.8. The van der Waals surface area contributed by atoms with Crippen LogP contribution < -0.4 is 5.32 Å². The maximum atomic E-state index is 13.0. The van der Waals surface area contributed by atoms with Gasteiger partial charge in [-0.1, -0.05) is 0 Å². The number of amides is 1. The molecule has 0 aromatic heterocycles. The van der Waals surface area contributed by atoms with E-state index in [0.717, 1.165) is 0 Å². The number of hydrogen-bond donors (Lipinski definition) is 1. The van der Waals surface area contributed by atoms with E-state index in [1.165, 1.54) is 13.8 Å². The van der Waals surface area contributed by atoms with E-state index in [9.17, 15) is 28.8 Å². The summed E-state index contributed by atoms with van der Waals surface area (Å²) in [6.07, 6.45) is 0. The lowest BCUT2D eigenvalue weighted by Gasteiger charge is -2.27. The van der Waals surface area contributed by atoms with Gasteiger partial charge >= 0.3 is 28.5 Å². The van der Waals surface area contributed by atoms with Crippen LogP contribution in [0.2, 0.25) is 0 Å². The Morgan fingerprint density at radius 3 is 1.51 bits per heavy atom. The van der Waals surface area contributed by atoms with E-state index in [1.54, 1.807) is 62.3 Å². The topological polar surface area (TPSA) is 161 Å². The molecule has 39 heavy (non-hydrogen) atoms. The normalized spacial score (nSPS) is 13.0. The summed E-state index contributed by atoms with van der Waals surface area (Å²) in [7, 11) is 0. The van der Waals surface area contributed by atoms with E-state index in [0.29, 0.717) is 23.5 Å². The number of carbonyl (C=O) groups is 6. The minimum Gasteiger partial charge on any atom is -0.458 e. The van der Waals surface area contributed by atoms with Crippen molar-refractivity contribution in [1.82, 2.24) is 5.32 Å². The van der Waals surface area contributed by atoms with Gasteiger partial charge in [0.25, 0.3) is 0 Å². The van der Waals surface area contributed by atoms with Crippen molar-refractivity contribution < 1.29 is 52.5 Å². The Balaban J connectivity index is 5.13. The second-order valence-corrected chi connectivity index (χ2v) is 14.4. The van der Waals surface area contributed by atoms with Crippen LogP contribution in [0.15, 0.2) is 0 Å². The fraction of sp³-hybridized carbons (Fsp3) is 0.760. The number of rotatable bonds is 10. The number of ether oxygens (including phenoxy) is 5. The highest BCUT2D eigenvalue weighted by molar-refractivity contribution is 8.15. The van der Waals surface area contributed by atoms with Gasteiger partial charge in [0.1, 0.15) is 11.6 Å². The zero-order valence-electron chi connectivity index (χ0n) is 24.5. The van der Waals surface area contributed by atoms with E-state index in [4.69, 9.17) is 23.7 Å². The number of nitrogens with one attached hydrogen (secondary N) is 1. The van der Waals surface area contributed by atoms with E-state index in [2.05, 4.69) is 5.32 Å². The van der Waals surface area contributed by atoms with Crippen molar-refractivity contribution in [1.29, 1.82) is 0 Å². The molecule has 0 saturated carbocycles. The quantitative estimate of drug-likeness (QED) is 0.215. The average molecular weight is 596 g/mol. The predicted octanol–water partition coefficient (Wildman–Crippen LogP) is 4.42. The van der Waals surface area contributed by atoms with Gasteiger partial charge < -0.3 is 29.0 Å². The first-order chi connectivity index (χ1) is 17.5. The maximum absolute atomic E-state index is 13.0. The zero-order chi connectivity index (χ0) is 30.8. The third-order valence-corrected chi connectivity index (χ3v) is 6.04.